The molecule has 0 aliphatic carbocycles. The predicted molar refractivity (Wildman–Crippen MR) is 135 cm³/mol. The van der Waals surface area contributed by atoms with Crippen LogP contribution in [-0.4, -0.2) is 30.5 Å². The zero-order valence-electron chi connectivity index (χ0n) is 20.0. The molecule has 0 aliphatic heterocycles. The molecule has 4 aromatic rings. The Labute approximate surface area is 209 Å². The quantitative estimate of drug-likeness (QED) is 0.107. The first-order valence-corrected chi connectivity index (χ1v) is 11.4. The van der Waals surface area contributed by atoms with Gasteiger partial charge >= 0.3 is 0 Å². The number of nitrogens with zero attached hydrogens (tertiary/aromatic N) is 1. The zero-order chi connectivity index (χ0) is 25.6. The SMILES string of the molecule is COOC(OC)C(O)(c1ccccc1[N+](=O)[O-])C(c1ccccc1)(c1ccccc1)c1ccccc1. The summed E-state index contributed by atoms with van der Waals surface area (Å²) in [7, 11) is 2.65. The molecule has 0 heterocycles. The van der Waals surface area contributed by atoms with E-state index in [0.717, 1.165) is 0 Å². The summed E-state index contributed by atoms with van der Waals surface area (Å²) >= 11 is 0. The Morgan fingerprint density at radius 3 is 1.53 bits per heavy atom. The Hall–Kier alpha value is -3.88. The molecule has 4 aromatic carbocycles. The number of benzene rings is 4. The second-order valence-electron chi connectivity index (χ2n) is 8.22. The Morgan fingerprint density at radius 1 is 0.722 bits per heavy atom. The summed E-state index contributed by atoms with van der Waals surface area (Å²) in [5, 5.41) is 25.4. The molecule has 0 bridgehead atoms. The Kier molecular flexibility index (Phi) is 7.57. The molecule has 2 unspecified atom stereocenters. The third-order valence-electron chi connectivity index (χ3n) is 6.44. The molecule has 7 nitrogen and oxygen atoms in total. The topological polar surface area (TPSA) is 91.1 Å². The number of aliphatic hydroxyl groups is 1. The number of nitro benzene ring substituents is 1. The summed E-state index contributed by atoms with van der Waals surface area (Å²) in [6, 6.07) is 34.1. The van der Waals surface area contributed by atoms with Gasteiger partial charge in [0, 0.05) is 13.2 Å². The molecule has 4 rings (SSSR count). The lowest BCUT2D eigenvalue weighted by atomic mass is 9.56. The lowest BCUT2D eigenvalue weighted by molar-refractivity contribution is -0.410. The fourth-order valence-corrected chi connectivity index (χ4v) is 5.05. The van der Waals surface area contributed by atoms with Crippen molar-refractivity contribution in [1.82, 2.24) is 0 Å². The minimum atomic E-state index is -2.20. The van der Waals surface area contributed by atoms with Crippen LogP contribution in [0, 0.1) is 10.1 Å². The van der Waals surface area contributed by atoms with Crippen LogP contribution in [0.3, 0.4) is 0 Å². The largest absolute Gasteiger partial charge is 0.378 e. The minimum Gasteiger partial charge on any atom is -0.378 e. The van der Waals surface area contributed by atoms with Crippen LogP contribution in [0.15, 0.2) is 115 Å². The predicted octanol–water partition coefficient (Wildman–Crippen LogP) is 5.37. The van der Waals surface area contributed by atoms with Crippen LogP contribution in [0.2, 0.25) is 0 Å². The van der Waals surface area contributed by atoms with Gasteiger partial charge in [0.2, 0.25) is 6.29 Å². The van der Waals surface area contributed by atoms with Gasteiger partial charge in [0.1, 0.15) is 0 Å². The van der Waals surface area contributed by atoms with E-state index in [-0.39, 0.29) is 11.3 Å². The lowest BCUT2D eigenvalue weighted by Gasteiger charge is -2.50. The highest BCUT2D eigenvalue weighted by atomic mass is 17.2. The molecule has 2 atom stereocenters. The van der Waals surface area contributed by atoms with Gasteiger partial charge in [0.15, 0.2) is 5.60 Å². The molecular formula is C29H27NO6. The van der Waals surface area contributed by atoms with E-state index < -0.39 is 22.2 Å². The van der Waals surface area contributed by atoms with E-state index in [1.54, 1.807) is 12.1 Å². The standard InChI is InChI=1S/C29H27NO6/c1-34-27(36-35-2)29(31,25-20-12-13-21-26(25)30(32)33)28(22-14-6-3-7-15-22,23-16-8-4-9-17-23)24-18-10-5-11-19-24/h3-21,27,31H,1-2H3. The summed E-state index contributed by atoms with van der Waals surface area (Å²) < 4.78 is 5.70. The molecule has 0 amide bonds. The monoisotopic (exact) mass is 485 g/mol. The second-order valence-corrected chi connectivity index (χ2v) is 8.22. The van der Waals surface area contributed by atoms with Crippen LogP contribution < -0.4 is 0 Å². The van der Waals surface area contributed by atoms with Gasteiger partial charge in [0.05, 0.1) is 23.0 Å². The van der Waals surface area contributed by atoms with E-state index in [9.17, 15) is 15.2 Å². The molecule has 0 aromatic heterocycles. The maximum absolute atomic E-state index is 13.1. The lowest BCUT2D eigenvalue weighted by Crippen LogP contribution is -2.59. The van der Waals surface area contributed by atoms with Crippen molar-refractivity contribution in [2.24, 2.45) is 0 Å². The van der Waals surface area contributed by atoms with Crippen molar-refractivity contribution in [2.45, 2.75) is 17.3 Å². The van der Waals surface area contributed by atoms with Crippen molar-refractivity contribution in [1.29, 1.82) is 0 Å². The average Bonchev–Trinajstić information content (AvgIpc) is 2.93. The third kappa shape index (κ3) is 4.08. The maximum atomic E-state index is 13.1. The molecule has 184 valence electrons. The normalized spacial score (nSPS) is 14.1. The maximum Gasteiger partial charge on any atom is 0.275 e. The number of methoxy groups -OCH3 is 1. The molecule has 0 radical (unpaired) electrons. The van der Waals surface area contributed by atoms with E-state index in [2.05, 4.69) is 0 Å². The first kappa shape index (κ1) is 25.2. The molecule has 0 saturated carbocycles. The molecular weight excluding hydrogens is 458 g/mol. The van der Waals surface area contributed by atoms with Gasteiger partial charge in [-0.05, 0) is 22.8 Å². The average molecular weight is 486 g/mol. The van der Waals surface area contributed by atoms with Gasteiger partial charge in [0.25, 0.3) is 5.69 Å². The molecule has 7 heteroatoms. The molecule has 36 heavy (non-hydrogen) atoms. The Morgan fingerprint density at radius 2 is 1.14 bits per heavy atom. The highest BCUT2D eigenvalue weighted by molar-refractivity contribution is 5.59. The van der Waals surface area contributed by atoms with Gasteiger partial charge in [-0.1, -0.05) is 103 Å². The van der Waals surface area contributed by atoms with Gasteiger partial charge in [-0.3, -0.25) is 10.1 Å². The van der Waals surface area contributed by atoms with Gasteiger partial charge in [-0.25, -0.2) is 9.78 Å². The summed E-state index contributed by atoms with van der Waals surface area (Å²) in [4.78, 5) is 22.3. The van der Waals surface area contributed by atoms with Gasteiger partial charge in [-0.2, -0.15) is 0 Å². The second kappa shape index (κ2) is 10.8. The van der Waals surface area contributed by atoms with E-state index in [1.165, 1.54) is 26.4 Å². The smallest absolute Gasteiger partial charge is 0.275 e. The Balaban J connectivity index is 2.27. The van der Waals surface area contributed by atoms with Crippen molar-refractivity contribution < 1.29 is 24.5 Å². The van der Waals surface area contributed by atoms with Gasteiger partial charge in [-0.15, -0.1) is 0 Å². The summed E-state index contributed by atoms with van der Waals surface area (Å²) in [6.07, 6.45) is -1.48. The summed E-state index contributed by atoms with van der Waals surface area (Å²) in [5.41, 5.74) is -1.91. The fourth-order valence-electron chi connectivity index (χ4n) is 5.05. The molecule has 1 N–H and O–H groups in total. The van der Waals surface area contributed by atoms with Crippen LogP contribution in [0.1, 0.15) is 22.3 Å². The van der Waals surface area contributed by atoms with Crippen molar-refractivity contribution in [3.05, 3.63) is 148 Å². The minimum absolute atomic E-state index is 0.00968. The first-order valence-electron chi connectivity index (χ1n) is 11.4. The molecule has 0 saturated heterocycles. The third-order valence-corrected chi connectivity index (χ3v) is 6.44. The zero-order valence-corrected chi connectivity index (χ0v) is 20.0. The van der Waals surface area contributed by atoms with Gasteiger partial charge < -0.3 is 9.84 Å². The molecule has 0 spiro atoms. The van der Waals surface area contributed by atoms with Crippen LogP contribution >= 0.6 is 0 Å². The van der Waals surface area contributed by atoms with E-state index in [1.807, 2.05) is 91.0 Å². The number of hydrogen-bond donors (Lipinski definition) is 1. The highest BCUT2D eigenvalue weighted by Crippen LogP contribution is 2.56. The van der Waals surface area contributed by atoms with Crippen LogP contribution in [0.5, 0.6) is 0 Å². The van der Waals surface area contributed by atoms with Crippen LogP contribution in [-0.2, 0) is 25.5 Å². The number of nitro groups is 1. The molecule has 0 aliphatic rings. The molecule has 0 fully saturated rings. The van der Waals surface area contributed by atoms with Crippen LogP contribution in [0.4, 0.5) is 5.69 Å². The van der Waals surface area contributed by atoms with Crippen molar-refractivity contribution in [3.63, 3.8) is 0 Å². The summed E-state index contributed by atoms with van der Waals surface area (Å²) in [5.74, 6) is 0. The van der Waals surface area contributed by atoms with Crippen molar-refractivity contribution in [2.75, 3.05) is 14.2 Å². The van der Waals surface area contributed by atoms with E-state index >= 15 is 0 Å². The number of ether oxygens (including phenoxy) is 1. The van der Waals surface area contributed by atoms with E-state index in [4.69, 9.17) is 14.5 Å². The Bertz CT molecular complexity index is 1190. The van der Waals surface area contributed by atoms with Crippen LogP contribution in [0.25, 0.3) is 0 Å². The highest BCUT2D eigenvalue weighted by Gasteiger charge is 2.62. The first-order chi connectivity index (χ1) is 17.5. The number of para-hydroxylation sites is 1. The summed E-state index contributed by atoms with van der Waals surface area (Å²) in [6.45, 7) is 0. The number of rotatable bonds is 10. The number of hydrogen-bond acceptors (Lipinski definition) is 6. The van der Waals surface area contributed by atoms with Crippen molar-refractivity contribution >= 4 is 5.69 Å². The van der Waals surface area contributed by atoms with Crippen molar-refractivity contribution in [3.8, 4) is 0 Å². The fraction of sp³-hybridized carbons (Fsp3) is 0.172. The van der Waals surface area contributed by atoms with E-state index in [0.29, 0.717) is 16.7 Å².